The number of hydrogen-bond donors (Lipinski definition) is 0. The molecule has 0 fully saturated rings. The minimum Gasteiger partial charge on any atom is -0.456 e. The van der Waals surface area contributed by atoms with E-state index in [4.69, 9.17) is 4.42 Å². The van der Waals surface area contributed by atoms with E-state index in [2.05, 4.69) is 91.7 Å². The van der Waals surface area contributed by atoms with E-state index >= 15 is 0 Å². The molecular formula is C27H23N2O+. The van der Waals surface area contributed by atoms with Crippen molar-refractivity contribution < 1.29 is 8.98 Å². The van der Waals surface area contributed by atoms with Gasteiger partial charge in [0.25, 0.3) is 5.82 Å². The molecule has 0 spiro atoms. The molecular weight excluding hydrogens is 368 g/mol. The van der Waals surface area contributed by atoms with Gasteiger partial charge < -0.3 is 4.42 Å². The summed E-state index contributed by atoms with van der Waals surface area (Å²) in [7, 11) is 2.12. The molecule has 0 aliphatic rings. The zero-order valence-corrected chi connectivity index (χ0v) is 17.7. The highest BCUT2D eigenvalue weighted by atomic mass is 16.3. The average Bonchev–Trinajstić information content (AvgIpc) is 3.27. The van der Waals surface area contributed by atoms with Gasteiger partial charge in [-0.3, -0.25) is 0 Å². The molecule has 3 nitrogen and oxygen atoms in total. The summed E-state index contributed by atoms with van der Waals surface area (Å²) in [5, 5.41) is 4.88. The first-order valence-electron chi connectivity index (χ1n) is 10.4. The minimum atomic E-state index is 0.914. The summed E-state index contributed by atoms with van der Waals surface area (Å²) in [5.41, 5.74) is 8.21. The van der Waals surface area contributed by atoms with Crippen LogP contribution in [0.15, 0.2) is 71.3 Å². The summed E-state index contributed by atoms with van der Waals surface area (Å²) < 4.78 is 10.9. The summed E-state index contributed by atoms with van der Waals surface area (Å²) in [6.45, 7) is 6.58. The van der Waals surface area contributed by atoms with Crippen molar-refractivity contribution in [3.8, 4) is 5.82 Å². The number of aromatic nitrogens is 2. The van der Waals surface area contributed by atoms with Crippen LogP contribution in [0.25, 0.3) is 49.6 Å². The molecule has 3 aromatic heterocycles. The number of pyridine rings is 1. The van der Waals surface area contributed by atoms with Crippen molar-refractivity contribution in [2.24, 2.45) is 7.05 Å². The molecule has 0 radical (unpaired) electrons. The number of nitrogens with zero attached hydrogens (tertiary/aromatic N) is 2. The molecule has 3 heteroatoms. The van der Waals surface area contributed by atoms with Crippen LogP contribution in [0.5, 0.6) is 0 Å². The maximum Gasteiger partial charge on any atom is 0.298 e. The fourth-order valence-electron chi connectivity index (χ4n) is 4.82. The highest BCUT2D eigenvalue weighted by Crippen LogP contribution is 2.38. The Hall–Kier alpha value is -3.59. The number of hydrogen-bond acceptors (Lipinski definition) is 1. The maximum absolute atomic E-state index is 6.22. The van der Waals surface area contributed by atoms with Crippen LogP contribution >= 0.6 is 0 Å². The third-order valence-electron chi connectivity index (χ3n) is 6.45. The molecule has 146 valence electrons. The van der Waals surface area contributed by atoms with E-state index in [-0.39, 0.29) is 0 Å². The molecule has 0 N–H and O–H groups in total. The molecule has 0 saturated heterocycles. The van der Waals surface area contributed by atoms with Crippen LogP contribution in [-0.4, -0.2) is 4.57 Å². The van der Waals surface area contributed by atoms with E-state index in [1.807, 2.05) is 12.1 Å². The third-order valence-corrected chi connectivity index (χ3v) is 6.45. The second-order valence-electron chi connectivity index (χ2n) is 8.35. The van der Waals surface area contributed by atoms with Gasteiger partial charge in [0.15, 0.2) is 0 Å². The first-order valence-corrected chi connectivity index (χ1v) is 10.4. The lowest BCUT2D eigenvalue weighted by molar-refractivity contribution is -0.664. The van der Waals surface area contributed by atoms with Crippen molar-refractivity contribution in [2.45, 2.75) is 20.8 Å². The summed E-state index contributed by atoms with van der Waals surface area (Å²) >= 11 is 0. The summed E-state index contributed by atoms with van der Waals surface area (Å²) in [6, 6.07) is 21.6. The number of fused-ring (bicyclic) bond motifs is 6. The quantitative estimate of drug-likeness (QED) is 0.296. The van der Waals surface area contributed by atoms with Gasteiger partial charge in [0.2, 0.25) is 0 Å². The molecule has 0 unspecified atom stereocenters. The average molecular weight is 391 g/mol. The van der Waals surface area contributed by atoms with E-state index in [0.29, 0.717) is 0 Å². The van der Waals surface area contributed by atoms with Crippen LogP contribution in [0, 0.1) is 20.8 Å². The number of rotatable bonds is 1. The molecule has 30 heavy (non-hydrogen) atoms. The lowest BCUT2D eigenvalue weighted by Crippen LogP contribution is -2.33. The largest absolute Gasteiger partial charge is 0.456 e. The fraction of sp³-hybridized carbons (Fsp3) is 0.148. The van der Waals surface area contributed by atoms with E-state index in [0.717, 1.165) is 27.8 Å². The van der Waals surface area contributed by atoms with Crippen LogP contribution < -0.4 is 4.57 Å². The van der Waals surface area contributed by atoms with Crippen molar-refractivity contribution in [1.82, 2.24) is 4.57 Å². The Morgan fingerprint density at radius 2 is 1.63 bits per heavy atom. The molecule has 0 bridgehead atoms. The van der Waals surface area contributed by atoms with E-state index < -0.39 is 0 Å². The van der Waals surface area contributed by atoms with Crippen LogP contribution in [0.2, 0.25) is 0 Å². The standard InChI is InChI=1S/C27H23N2O/c1-16-9-12-22-21(15-16)19-11-10-17(2)18(3)26(19)29(22)27-25-20-7-5-6-8-23(20)30-24(25)13-14-28(27)4/h5-15H,1-4H3/q+1. The van der Waals surface area contributed by atoms with Crippen LogP contribution in [0.4, 0.5) is 0 Å². The number of benzene rings is 3. The zero-order chi connectivity index (χ0) is 20.6. The Balaban J connectivity index is 1.92. The van der Waals surface area contributed by atoms with Gasteiger partial charge in [-0.25, -0.2) is 4.57 Å². The predicted octanol–water partition coefficient (Wildman–Crippen LogP) is 6.43. The van der Waals surface area contributed by atoms with Crippen molar-refractivity contribution in [1.29, 1.82) is 0 Å². The zero-order valence-electron chi connectivity index (χ0n) is 17.7. The Kier molecular flexibility index (Phi) is 3.43. The highest BCUT2D eigenvalue weighted by molar-refractivity contribution is 6.14. The maximum atomic E-state index is 6.22. The topological polar surface area (TPSA) is 21.9 Å². The number of furan rings is 1. The van der Waals surface area contributed by atoms with Gasteiger partial charge in [-0.1, -0.05) is 35.9 Å². The molecule has 3 aromatic carbocycles. The minimum absolute atomic E-state index is 0.914. The first-order chi connectivity index (χ1) is 14.5. The lowest BCUT2D eigenvalue weighted by atomic mass is 10.0. The molecule has 0 aliphatic carbocycles. The molecule has 0 atom stereocenters. The number of aryl methyl sites for hydroxylation is 4. The van der Waals surface area contributed by atoms with Crippen molar-refractivity contribution >= 4 is 43.7 Å². The summed E-state index contributed by atoms with van der Waals surface area (Å²) in [6.07, 6.45) is 2.09. The Bertz CT molecular complexity index is 1630. The smallest absolute Gasteiger partial charge is 0.298 e. The van der Waals surface area contributed by atoms with Gasteiger partial charge in [-0.05, 0) is 56.2 Å². The molecule has 0 amide bonds. The van der Waals surface area contributed by atoms with Crippen LogP contribution in [0.1, 0.15) is 16.7 Å². The van der Waals surface area contributed by atoms with E-state index in [1.54, 1.807) is 0 Å². The Labute approximate surface area is 174 Å². The predicted molar refractivity (Wildman–Crippen MR) is 123 cm³/mol. The molecule has 6 aromatic rings. The van der Waals surface area contributed by atoms with Gasteiger partial charge in [-0.2, -0.15) is 4.57 Å². The van der Waals surface area contributed by atoms with Gasteiger partial charge in [0.1, 0.15) is 27.6 Å². The van der Waals surface area contributed by atoms with Crippen molar-refractivity contribution in [2.75, 3.05) is 0 Å². The first kappa shape index (κ1) is 17.3. The second-order valence-corrected chi connectivity index (χ2v) is 8.35. The lowest BCUT2D eigenvalue weighted by Gasteiger charge is -2.08. The fourth-order valence-corrected chi connectivity index (χ4v) is 4.82. The van der Waals surface area contributed by atoms with Gasteiger partial charge in [0, 0.05) is 22.2 Å². The normalized spacial score (nSPS) is 12.0. The monoisotopic (exact) mass is 391 g/mol. The SMILES string of the molecule is Cc1ccc2c(c1)c1ccc(C)c(C)c1n2-c1c2c(cc[n+]1C)oc1ccccc12. The van der Waals surface area contributed by atoms with Crippen LogP contribution in [-0.2, 0) is 7.05 Å². The van der Waals surface area contributed by atoms with Crippen molar-refractivity contribution in [3.05, 3.63) is 83.6 Å². The number of para-hydroxylation sites is 1. The molecule has 0 aliphatic heterocycles. The van der Waals surface area contributed by atoms with Gasteiger partial charge in [0.05, 0.1) is 13.2 Å². The molecule has 0 saturated carbocycles. The summed E-state index contributed by atoms with van der Waals surface area (Å²) in [5.74, 6) is 1.13. The van der Waals surface area contributed by atoms with Crippen LogP contribution in [0.3, 0.4) is 0 Å². The Morgan fingerprint density at radius 3 is 2.50 bits per heavy atom. The van der Waals surface area contributed by atoms with Gasteiger partial charge >= 0.3 is 0 Å². The van der Waals surface area contributed by atoms with Gasteiger partial charge in [-0.15, -0.1) is 0 Å². The second kappa shape index (κ2) is 5.96. The van der Waals surface area contributed by atoms with E-state index in [9.17, 15) is 0 Å². The third kappa shape index (κ3) is 2.18. The highest BCUT2D eigenvalue weighted by Gasteiger charge is 2.27. The summed E-state index contributed by atoms with van der Waals surface area (Å²) in [4.78, 5) is 0. The van der Waals surface area contributed by atoms with E-state index in [1.165, 1.54) is 38.5 Å². The van der Waals surface area contributed by atoms with Crippen molar-refractivity contribution in [3.63, 3.8) is 0 Å². The molecule has 3 heterocycles. The molecule has 6 rings (SSSR count). The Morgan fingerprint density at radius 1 is 0.800 bits per heavy atom.